The van der Waals surface area contributed by atoms with Crippen molar-refractivity contribution in [1.82, 2.24) is 4.98 Å². The highest BCUT2D eigenvalue weighted by Crippen LogP contribution is 2.21. The van der Waals surface area contributed by atoms with Crippen LogP contribution in [0.25, 0.3) is 10.9 Å². The summed E-state index contributed by atoms with van der Waals surface area (Å²) < 4.78 is 0. The van der Waals surface area contributed by atoms with Gasteiger partial charge in [0.15, 0.2) is 5.78 Å². The second kappa shape index (κ2) is 7.34. The lowest BCUT2D eigenvalue weighted by Crippen LogP contribution is -2.17. The Morgan fingerprint density at radius 1 is 1.16 bits per heavy atom. The van der Waals surface area contributed by atoms with Crippen LogP contribution in [0.15, 0.2) is 47.6 Å². The van der Waals surface area contributed by atoms with Crippen LogP contribution in [0.2, 0.25) is 0 Å². The first-order chi connectivity index (χ1) is 12.0. The molecule has 0 bridgehead atoms. The van der Waals surface area contributed by atoms with Crippen LogP contribution in [0.4, 0.5) is 5.69 Å². The third-order valence-electron chi connectivity index (χ3n) is 4.26. The fourth-order valence-electron chi connectivity index (χ4n) is 3.15. The van der Waals surface area contributed by atoms with Crippen LogP contribution >= 0.6 is 0 Å². The van der Waals surface area contributed by atoms with Gasteiger partial charge in [0.25, 0.3) is 0 Å². The molecule has 0 saturated heterocycles. The van der Waals surface area contributed by atoms with Gasteiger partial charge in [-0.05, 0) is 38.0 Å². The number of aryl methyl sites for hydroxylation is 3. The van der Waals surface area contributed by atoms with Crippen LogP contribution in [0.5, 0.6) is 0 Å². The van der Waals surface area contributed by atoms with E-state index in [-0.39, 0.29) is 18.9 Å². The highest BCUT2D eigenvalue weighted by Gasteiger charge is 2.06. The number of aliphatic imine (C=N–C) groups is 1. The second-order valence-corrected chi connectivity index (χ2v) is 6.43. The minimum atomic E-state index is 0.0652. The Kier molecular flexibility index (Phi) is 4.98. The molecule has 0 spiro atoms. The van der Waals surface area contributed by atoms with E-state index in [4.69, 9.17) is 0 Å². The van der Waals surface area contributed by atoms with Crippen molar-refractivity contribution in [2.24, 2.45) is 4.99 Å². The molecule has 3 aromatic rings. The molecular weight excluding hydrogens is 310 g/mol. The predicted molar refractivity (Wildman–Crippen MR) is 105 cm³/mol. The van der Waals surface area contributed by atoms with Gasteiger partial charge in [-0.15, -0.1) is 0 Å². The maximum absolute atomic E-state index is 12.1. The first kappa shape index (κ1) is 17.0. The Balaban J connectivity index is 1.58. The number of carbonyl (C=O) groups excluding carboxylic acids is 1. The molecule has 0 aliphatic carbocycles. The monoisotopic (exact) mass is 333 g/mol. The van der Waals surface area contributed by atoms with E-state index in [9.17, 15) is 4.79 Å². The van der Waals surface area contributed by atoms with Gasteiger partial charge in [-0.2, -0.15) is 0 Å². The van der Waals surface area contributed by atoms with Crippen LogP contribution in [-0.4, -0.2) is 30.1 Å². The summed E-state index contributed by atoms with van der Waals surface area (Å²) in [4.78, 5) is 19.6. The van der Waals surface area contributed by atoms with Crippen LogP contribution in [0.1, 0.15) is 22.3 Å². The number of rotatable bonds is 6. The number of aromatic nitrogens is 1. The Morgan fingerprint density at radius 3 is 2.64 bits per heavy atom. The minimum Gasteiger partial charge on any atom is -0.377 e. The smallest absolute Gasteiger partial charge is 0.173 e. The number of H-pyrrole nitrogens is 1. The molecule has 1 heterocycles. The molecule has 4 nitrogen and oxygen atoms in total. The molecule has 0 aliphatic heterocycles. The molecule has 0 saturated carbocycles. The average Bonchev–Trinajstić information content (AvgIpc) is 2.97. The SMILES string of the molecule is Cc1cc(C)c(NCC(=O)CN=Cc2c[nH]c3ccccc23)c(C)c1. The van der Waals surface area contributed by atoms with Crippen molar-refractivity contribution in [2.75, 3.05) is 18.4 Å². The Labute approximate surface area is 148 Å². The third-order valence-corrected chi connectivity index (χ3v) is 4.26. The van der Waals surface area contributed by atoms with Crippen LogP contribution in [0.3, 0.4) is 0 Å². The maximum Gasteiger partial charge on any atom is 0.173 e. The third kappa shape index (κ3) is 3.97. The van der Waals surface area contributed by atoms with E-state index >= 15 is 0 Å². The molecule has 2 N–H and O–H groups in total. The molecular formula is C21H23N3O. The molecule has 25 heavy (non-hydrogen) atoms. The fraction of sp³-hybridized carbons (Fsp3) is 0.238. The lowest BCUT2D eigenvalue weighted by Gasteiger charge is -2.12. The first-order valence-corrected chi connectivity index (χ1v) is 8.44. The second-order valence-electron chi connectivity index (χ2n) is 6.43. The number of hydrogen-bond donors (Lipinski definition) is 2. The molecule has 0 aliphatic rings. The molecule has 0 atom stereocenters. The lowest BCUT2D eigenvalue weighted by atomic mass is 10.1. The van der Waals surface area contributed by atoms with E-state index in [0.29, 0.717) is 0 Å². The van der Waals surface area contributed by atoms with Gasteiger partial charge in [0.1, 0.15) is 0 Å². The Hall–Kier alpha value is -2.88. The zero-order chi connectivity index (χ0) is 17.8. The van der Waals surface area contributed by atoms with Crippen molar-refractivity contribution < 1.29 is 4.79 Å². The molecule has 2 aromatic carbocycles. The summed E-state index contributed by atoms with van der Waals surface area (Å²) in [5.41, 5.74) is 6.67. The van der Waals surface area contributed by atoms with Crippen molar-refractivity contribution in [1.29, 1.82) is 0 Å². The normalized spacial score (nSPS) is 11.3. The van der Waals surface area contributed by atoms with Crippen LogP contribution < -0.4 is 5.32 Å². The number of ketones is 1. The fourth-order valence-corrected chi connectivity index (χ4v) is 3.15. The summed E-state index contributed by atoms with van der Waals surface area (Å²) in [5.74, 6) is 0.0652. The Bertz CT molecular complexity index is 914. The topological polar surface area (TPSA) is 57.2 Å². The number of Topliss-reactive ketones (excluding diaryl/α,β-unsaturated/α-hetero) is 1. The van der Waals surface area contributed by atoms with Gasteiger partial charge in [0.05, 0.1) is 13.1 Å². The van der Waals surface area contributed by atoms with Crippen LogP contribution in [0, 0.1) is 20.8 Å². The molecule has 0 fully saturated rings. The summed E-state index contributed by atoms with van der Waals surface area (Å²) >= 11 is 0. The number of aromatic amines is 1. The largest absolute Gasteiger partial charge is 0.377 e. The van der Waals surface area contributed by atoms with E-state index in [2.05, 4.69) is 48.2 Å². The van der Waals surface area contributed by atoms with Gasteiger partial charge < -0.3 is 10.3 Å². The van der Waals surface area contributed by atoms with Gasteiger partial charge in [0.2, 0.25) is 0 Å². The summed E-state index contributed by atoms with van der Waals surface area (Å²) in [7, 11) is 0. The molecule has 0 amide bonds. The van der Waals surface area contributed by atoms with Gasteiger partial charge in [-0.25, -0.2) is 0 Å². The average molecular weight is 333 g/mol. The van der Waals surface area contributed by atoms with Crippen molar-refractivity contribution in [3.8, 4) is 0 Å². The van der Waals surface area contributed by atoms with E-state index < -0.39 is 0 Å². The number of fused-ring (bicyclic) bond motifs is 1. The van der Waals surface area contributed by atoms with Crippen molar-refractivity contribution >= 4 is 28.6 Å². The summed E-state index contributed by atoms with van der Waals surface area (Å²) in [6.07, 6.45) is 3.68. The zero-order valence-electron chi connectivity index (χ0n) is 14.9. The highest BCUT2D eigenvalue weighted by atomic mass is 16.1. The molecule has 1 aromatic heterocycles. The minimum absolute atomic E-state index is 0.0652. The van der Waals surface area contributed by atoms with E-state index in [1.165, 1.54) is 5.56 Å². The summed E-state index contributed by atoms with van der Waals surface area (Å²) in [6.45, 7) is 6.66. The molecule has 4 heteroatoms. The Morgan fingerprint density at radius 2 is 1.88 bits per heavy atom. The zero-order valence-corrected chi connectivity index (χ0v) is 14.9. The number of nitrogens with one attached hydrogen (secondary N) is 2. The molecule has 3 rings (SSSR count). The summed E-state index contributed by atoms with van der Waals surface area (Å²) in [5, 5.41) is 4.37. The first-order valence-electron chi connectivity index (χ1n) is 8.44. The molecule has 0 radical (unpaired) electrons. The standard InChI is InChI=1S/C21H23N3O/c1-14-8-15(2)21(16(3)9-14)24-13-18(25)12-22-10-17-11-23-20-7-5-4-6-19(17)20/h4-11,23-24H,12-13H2,1-3H3. The van der Waals surface area contributed by atoms with E-state index in [0.717, 1.165) is 33.3 Å². The van der Waals surface area contributed by atoms with E-state index in [1.807, 2.05) is 30.5 Å². The van der Waals surface area contributed by atoms with Gasteiger partial charge in [-0.1, -0.05) is 35.9 Å². The maximum atomic E-state index is 12.1. The van der Waals surface area contributed by atoms with Crippen molar-refractivity contribution in [3.63, 3.8) is 0 Å². The summed E-state index contributed by atoms with van der Waals surface area (Å²) in [6, 6.07) is 12.3. The molecule has 128 valence electrons. The molecule has 0 unspecified atom stereocenters. The number of anilines is 1. The number of para-hydroxylation sites is 1. The van der Waals surface area contributed by atoms with Gasteiger partial charge in [0, 0.05) is 34.6 Å². The van der Waals surface area contributed by atoms with Crippen LogP contribution in [-0.2, 0) is 4.79 Å². The highest BCUT2D eigenvalue weighted by molar-refractivity contribution is 5.99. The van der Waals surface area contributed by atoms with Gasteiger partial charge >= 0.3 is 0 Å². The lowest BCUT2D eigenvalue weighted by molar-refractivity contribution is -0.116. The number of nitrogens with zero attached hydrogens (tertiary/aromatic N) is 1. The van der Waals surface area contributed by atoms with Gasteiger partial charge in [-0.3, -0.25) is 9.79 Å². The number of carbonyl (C=O) groups is 1. The predicted octanol–water partition coefficient (Wildman–Crippen LogP) is 4.19. The number of hydrogen-bond acceptors (Lipinski definition) is 3. The van der Waals surface area contributed by atoms with Crippen molar-refractivity contribution in [2.45, 2.75) is 20.8 Å². The number of benzene rings is 2. The van der Waals surface area contributed by atoms with E-state index in [1.54, 1.807) is 6.21 Å². The quantitative estimate of drug-likeness (QED) is 0.664. The van der Waals surface area contributed by atoms with Crippen molar-refractivity contribution in [3.05, 3.63) is 64.8 Å².